The summed E-state index contributed by atoms with van der Waals surface area (Å²) in [6.45, 7) is 5.28. The summed E-state index contributed by atoms with van der Waals surface area (Å²) in [5.74, 6) is -0.972. The van der Waals surface area contributed by atoms with Gasteiger partial charge in [-0.2, -0.15) is 0 Å². The first-order valence-electron chi connectivity index (χ1n) is 2.16. The lowest BCUT2D eigenvalue weighted by Crippen LogP contribution is -2.03. The summed E-state index contributed by atoms with van der Waals surface area (Å²) in [5.41, 5.74) is 0. The van der Waals surface area contributed by atoms with Gasteiger partial charge in [-0.25, -0.2) is 0 Å². The maximum absolute atomic E-state index is 9.70. The standard InChI is InChI=1S/C4H8O2.CH2O/c1-3(2)4(5)6;1-2/h3H,1-2H3,(H,5,6);1H2. The number of carbonyl (C=O) groups is 2. The number of hydrogen-bond donors (Lipinski definition) is 1. The zero-order valence-corrected chi connectivity index (χ0v) is 5.05. The number of carbonyl (C=O) groups excluding carboxylic acids is 1. The third kappa shape index (κ3) is 8.94. The molecule has 0 saturated heterocycles. The van der Waals surface area contributed by atoms with Gasteiger partial charge in [-0.15, -0.1) is 0 Å². The highest BCUT2D eigenvalue weighted by Gasteiger charge is 1.99. The van der Waals surface area contributed by atoms with Crippen LogP contribution in [-0.2, 0) is 9.59 Å². The van der Waals surface area contributed by atoms with Crippen LogP contribution in [0.25, 0.3) is 0 Å². The van der Waals surface area contributed by atoms with E-state index in [2.05, 4.69) is 0 Å². The molecular weight excluding hydrogens is 108 g/mol. The molecule has 1 N–H and O–H groups in total. The molecule has 0 spiro atoms. The Hall–Kier alpha value is -0.860. The van der Waals surface area contributed by atoms with Gasteiger partial charge in [-0.3, -0.25) is 4.79 Å². The molecular formula is C5H10O3. The van der Waals surface area contributed by atoms with Gasteiger partial charge in [-0.05, 0) is 0 Å². The first-order valence-corrected chi connectivity index (χ1v) is 2.16. The van der Waals surface area contributed by atoms with Crippen molar-refractivity contribution in [1.29, 1.82) is 0 Å². The number of carboxylic acids is 1. The summed E-state index contributed by atoms with van der Waals surface area (Å²) >= 11 is 0. The van der Waals surface area contributed by atoms with Crippen molar-refractivity contribution in [2.45, 2.75) is 13.8 Å². The van der Waals surface area contributed by atoms with E-state index in [1.165, 1.54) is 0 Å². The van der Waals surface area contributed by atoms with Crippen molar-refractivity contribution < 1.29 is 14.7 Å². The van der Waals surface area contributed by atoms with E-state index < -0.39 is 5.97 Å². The van der Waals surface area contributed by atoms with Gasteiger partial charge >= 0.3 is 5.97 Å². The summed E-state index contributed by atoms with van der Waals surface area (Å²) in [6, 6.07) is 0. The van der Waals surface area contributed by atoms with Crippen molar-refractivity contribution in [1.82, 2.24) is 0 Å². The fraction of sp³-hybridized carbons (Fsp3) is 0.600. The van der Waals surface area contributed by atoms with Gasteiger partial charge in [0.25, 0.3) is 0 Å². The van der Waals surface area contributed by atoms with E-state index in [1.54, 1.807) is 13.8 Å². The fourth-order valence-electron chi connectivity index (χ4n) is 0. The summed E-state index contributed by atoms with van der Waals surface area (Å²) in [6.07, 6.45) is 0. The van der Waals surface area contributed by atoms with E-state index in [1.807, 2.05) is 6.79 Å². The lowest BCUT2D eigenvalue weighted by Gasteiger charge is -1.89. The van der Waals surface area contributed by atoms with Crippen LogP contribution in [0.1, 0.15) is 13.8 Å². The maximum Gasteiger partial charge on any atom is 0.305 e. The van der Waals surface area contributed by atoms with Crippen LogP contribution in [0.15, 0.2) is 0 Å². The quantitative estimate of drug-likeness (QED) is 0.546. The molecule has 8 heavy (non-hydrogen) atoms. The fourth-order valence-corrected chi connectivity index (χ4v) is 0. The lowest BCUT2D eigenvalue weighted by atomic mass is 10.2. The lowest BCUT2D eigenvalue weighted by molar-refractivity contribution is -0.140. The Bertz CT molecular complexity index is 68.1. The van der Waals surface area contributed by atoms with Gasteiger partial charge in [0.05, 0.1) is 5.92 Å². The average molecular weight is 118 g/mol. The molecule has 0 aromatic rings. The van der Waals surface area contributed by atoms with Crippen LogP contribution in [0.2, 0.25) is 0 Å². The predicted molar refractivity (Wildman–Crippen MR) is 29.6 cm³/mol. The van der Waals surface area contributed by atoms with Gasteiger partial charge in [0.15, 0.2) is 0 Å². The summed E-state index contributed by atoms with van der Waals surface area (Å²) in [4.78, 5) is 17.7. The topological polar surface area (TPSA) is 54.4 Å². The maximum atomic E-state index is 9.70. The Morgan fingerprint density at radius 2 is 1.62 bits per heavy atom. The van der Waals surface area contributed by atoms with Crippen LogP contribution >= 0.6 is 0 Å². The smallest absolute Gasteiger partial charge is 0.305 e. The average Bonchev–Trinajstić information content (AvgIpc) is 1.72. The van der Waals surface area contributed by atoms with Crippen molar-refractivity contribution in [3.63, 3.8) is 0 Å². The minimum Gasteiger partial charge on any atom is -0.481 e. The van der Waals surface area contributed by atoms with Crippen LogP contribution in [0.3, 0.4) is 0 Å². The van der Waals surface area contributed by atoms with Crippen LogP contribution in [0.4, 0.5) is 0 Å². The van der Waals surface area contributed by atoms with Crippen LogP contribution < -0.4 is 0 Å². The normalized spacial score (nSPS) is 7.38. The van der Waals surface area contributed by atoms with Gasteiger partial charge in [-0.1, -0.05) is 13.8 Å². The molecule has 0 amide bonds. The van der Waals surface area contributed by atoms with E-state index in [0.29, 0.717) is 0 Å². The van der Waals surface area contributed by atoms with E-state index in [-0.39, 0.29) is 5.92 Å². The number of carboxylic acid groups (broad SMARTS) is 1. The van der Waals surface area contributed by atoms with Crippen LogP contribution in [-0.4, -0.2) is 17.9 Å². The molecule has 0 atom stereocenters. The van der Waals surface area contributed by atoms with Gasteiger partial charge in [0.1, 0.15) is 6.79 Å². The Morgan fingerprint density at radius 1 is 1.50 bits per heavy atom. The highest BCUT2D eigenvalue weighted by Crippen LogP contribution is 1.87. The second-order valence-corrected chi connectivity index (χ2v) is 1.49. The summed E-state index contributed by atoms with van der Waals surface area (Å²) < 4.78 is 0. The zero-order chi connectivity index (χ0) is 7.15. The molecule has 48 valence electrons. The number of hydrogen-bond acceptors (Lipinski definition) is 2. The second-order valence-electron chi connectivity index (χ2n) is 1.49. The molecule has 0 rings (SSSR count). The molecule has 0 aliphatic carbocycles. The molecule has 3 heteroatoms. The highest BCUT2D eigenvalue weighted by molar-refractivity contribution is 5.68. The van der Waals surface area contributed by atoms with Crippen molar-refractivity contribution in [3.8, 4) is 0 Å². The molecule has 0 radical (unpaired) electrons. The molecule has 0 saturated carbocycles. The first-order chi connectivity index (χ1) is 3.64. The SMILES string of the molecule is C=O.CC(C)C(=O)O. The largest absolute Gasteiger partial charge is 0.481 e. The van der Waals surface area contributed by atoms with Crippen LogP contribution in [0.5, 0.6) is 0 Å². The summed E-state index contributed by atoms with van der Waals surface area (Å²) in [7, 11) is 0. The second kappa shape index (κ2) is 6.14. The predicted octanol–water partition coefficient (Wildman–Crippen LogP) is 0.542. The third-order valence-corrected chi connectivity index (χ3v) is 0.494. The molecule has 0 unspecified atom stereocenters. The van der Waals surface area contributed by atoms with Crippen molar-refractivity contribution in [2.75, 3.05) is 0 Å². The minimum absolute atomic E-state index is 0.231. The Balaban J connectivity index is 0. The van der Waals surface area contributed by atoms with Gasteiger partial charge in [0, 0.05) is 0 Å². The Morgan fingerprint density at radius 3 is 1.62 bits per heavy atom. The zero-order valence-electron chi connectivity index (χ0n) is 5.05. The molecule has 3 nitrogen and oxygen atoms in total. The highest BCUT2D eigenvalue weighted by atomic mass is 16.4. The van der Waals surface area contributed by atoms with E-state index >= 15 is 0 Å². The third-order valence-electron chi connectivity index (χ3n) is 0.494. The van der Waals surface area contributed by atoms with E-state index in [4.69, 9.17) is 9.90 Å². The molecule has 0 aliphatic heterocycles. The minimum atomic E-state index is -0.741. The molecule has 0 bridgehead atoms. The van der Waals surface area contributed by atoms with Crippen LogP contribution in [0, 0.1) is 5.92 Å². The molecule has 0 aromatic carbocycles. The molecule has 0 fully saturated rings. The van der Waals surface area contributed by atoms with Gasteiger partial charge < -0.3 is 9.90 Å². The summed E-state index contributed by atoms with van der Waals surface area (Å²) in [5, 5.41) is 7.99. The number of aliphatic carboxylic acids is 1. The van der Waals surface area contributed by atoms with Crippen molar-refractivity contribution in [3.05, 3.63) is 0 Å². The van der Waals surface area contributed by atoms with E-state index in [0.717, 1.165) is 0 Å². The van der Waals surface area contributed by atoms with Gasteiger partial charge in [0.2, 0.25) is 0 Å². The first kappa shape index (κ1) is 10.2. The van der Waals surface area contributed by atoms with E-state index in [9.17, 15) is 4.79 Å². The molecule has 0 heterocycles. The molecule has 0 aliphatic rings. The van der Waals surface area contributed by atoms with Crippen molar-refractivity contribution >= 4 is 12.8 Å². The Kier molecular flexibility index (Phi) is 7.82. The molecule has 0 aromatic heterocycles. The Labute approximate surface area is 48.3 Å². The number of rotatable bonds is 1. The van der Waals surface area contributed by atoms with Crippen molar-refractivity contribution in [2.24, 2.45) is 5.92 Å². The monoisotopic (exact) mass is 118 g/mol.